The zero-order valence-electron chi connectivity index (χ0n) is 17.7. The molecule has 0 saturated carbocycles. The third-order valence-corrected chi connectivity index (χ3v) is 3.63. The molecule has 0 aliphatic heterocycles. The fourth-order valence-corrected chi connectivity index (χ4v) is 2.05. The molecule has 1 atom stereocenters. The topological polar surface area (TPSA) is 29.1 Å². The average molecular weight is 376 g/mol. The molecule has 1 unspecified atom stereocenters. The molecule has 1 N–H and O–H groups in total. The van der Waals surface area contributed by atoms with Crippen LogP contribution >= 0.6 is 9.24 Å². The molecule has 0 aromatic heterocycles. The zero-order valence-corrected chi connectivity index (χ0v) is 18.9. The summed E-state index contributed by atoms with van der Waals surface area (Å²) in [6, 6.07) is 5.99. The summed E-state index contributed by atoms with van der Waals surface area (Å²) < 4.78 is 0. The Bertz CT molecular complexity index is 566. The summed E-state index contributed by atoms with van der Waals surface area (Å²) in [6.45, 7) is 18.0. The van der Waals surface area contributed by atoms with E-state index in [-0.39, 0.29) is 5.91 Å². The van der Waals surface area contributed by atoms with Gasteiger partial charge < -0.3 is 5.32 Å². The Morgan fingerprint density at radius 3 is 2.12 bits per heavy atom. The molecule has 1 rings (SSSR count). The number of hydrogen-bond donors (Lipinski definition) is 1. The minimum atomic E-state index is 0.0670. The van der Waals surface area contributed by atoms with Crippen molar-refractivity contribution >= 4 is 20.8 Å². The van der Waals surface area contributed by atoms with Crippen molar-refractivity contribution in [3.63, 3.8) is 0 Å². The summed E-state index contributed by atoms with van der Waals surface area (Å²) in [7, 11) is 2.42. The number of para-hydroxylation sites is 1. The molecule has 0 saturated heterocycles. The maximum Gasteiger partial charge on any atom is 0.224 e. The van der Waals surface area contributed by atoms with Crippen LogP contribution in [0.5, 0.6) is 0 Å². The highest BCUT2D eigenvalue weighted by Gasteiger charge is 2.04. The Labute approximate surface area is 164 Å². The summed E-state index contributed by atoms with van der Waals surface area (Å²) in [5.41, 5.74) is 4.48. The first-order valence-electron chi connectivity index (χ1n) is 9.30. The zero-order chi connectivity index (χ0) is 20.5. The number of amides is 1. The summed E-state index contributed by atoms with van der Waals surface area (Å²) >= 11 is 0. The molecule has 26 heavy (non-hydrogen) atoms. The largest absolute Gasteiger partial charge is 0.326 e. The van der Waals surface area contributed by atoms with Gasteiger partial charge in [0.15, 0.2) is 0 Å². The van der Waals surface area contributed by atoms with Crippen molar-refractivity contribution < 1.29 is 4.79 Å². The van der Waals surface area contributed by atoms with Crippen LogP contribution < -0.4 is 5.32 Å². The van der Waals surface area contributed by atoms with Crippen molar-refractivity contribution in [1.82, 2.24) is 0 Å². The molecule has 0 radical (unpaired) electrons. The fraction of sp³-hybridized carbons (Fsp3) is 0.435. The van der Waals surface area contributed by atoms with E-state index in [1.54, 1.807) is 0 Å². The van der Waals surface area contributed by atoms with E-state index >= 15 is 0 Å². The summed E-state index contributed by atoms with van der Waals surface area (Å²) in [6.07, 6.45) is 9.90. The van der Waals surface area contributed by atoms with E-state index < -0.39 is 0 Å². The van der Waals surface area contributed by atoms with Crippen LogP contribution in [0.2, 0.25) is 0 Å². The Balaban J connectivity index is 0. The number of anilines is 1. The van der Waals surface area contributed by atoms with Gasteiger partial charge in [0.1, 0.15) is 0 Å². The van der Waals surface area contributed by atoms with E-state index in [9.17, 15) is 4.79 Å². The second kappa shape index (κ2) is 16.8. The van der Waals surface area contributed by atoms with Crippen molar-refractivity contribution in [2.75, 3.05) is 12.0 Å². The lowest BCUT2D eigenvalue weighted by molar-refractivity contribution is -0.115. The van der Waals surface area contributed by atoms with Crippen LogP contribution in [0.1, 0.15) is 51.7 Å². The maximum atomic E-state index is 11.2. The van der Waals surface area contributed by atoms with Crippen molar-refractivity contribution in [2.24, 2.45) is 5.92 Å². The van der Waals surface area contributed by atoms with Crippen molar-refractivity contribution in [3.8, 4) is 0 Å². The van der Waals surface area contributed by atoms with E-state index in [1.807, 2.05) is 51.7 Å². The molecule has 0 heterocycles. The van der Waals surface area contributed by atoms with Crippen LogP contribution in [-0.4, -0.2) is 12.6 Å². The van der Waals surface area contributed by atoms with Crippen molar-refractivity contribution in [1.29, 1.82) is 0 Å². The minimum absolute atomic E-state index is 0.0670. The third-order valence-electron chi connectivity index (χ3n) is 3.63. The van der Waals surface area contributed by atoms with Crippen LogP contribution in [-0.2, 0) is 4.79 Å². The van der Waals surface area contributed by atoms with Gasteiger partial charge in [-0.2, -0.15) is 0 Å². The number of rotatable bonds is 6. The summed E-state index contributed by atoms with van der Waals surface area (Å²) in [5, 5.41) is 2.89. The molecular weight excluding hydrogens is 337 g/mol. The molecular formula is C23H38NOP. The first kappa shape index (κ1) is 26.6. The number of carbonyl (C=O) groups is 1. The lowest BCUT2D eigenvalue weighted by atomic mass is 10.0. The number of allylic oxidation sites excluding steroid dienone is 5. The fourth-order valence-electron chi connectivity index (χ4n) is 2.05. The second-order valence-corrected chi connectivity index (χ2v) is 6.03. The standard InChI is InChI=1S/C11H15NO.C11H18.CH5P/c1-4-10(13)12-11-8(2)6-5-7-9(11)3;1-5-7-8-9-11(6-2)10(3)4;1-2/h5-7H,4H2,1-3H3,(H,12,13);6-10H,2,5H2,1,3-4H3;2H2,1H3/b;8-7-,11-9+;. The van der Waals surface area contributed by atoms with Gasteiger partial charge in [0.05, 0.1) is 0 Å². The van der Waals surface area contributed by atoms with Gasteiger partial charge in [-0.15, -0.1) is 9.24 Å². The predicted octanol–water partition coefficient (Wildman–Crippen LogP) is 6.86. The lowest BCUT2D eigenvalue weighted by Gasteiger charge is -2.10. The molecule has 1 aromatic rings. The highest BCUT2D eigenvalue weighted by atomic mass is 31.0. The molecule has 3 heteroatoms. The van der Waals surface area contributed by atoms with Gasteiger partial charge in [0, 0.05) is 12.1 Å². The predicted molar refractivity (Wildman–Crippen MR) is 123 cm³/mol. The quantitative estimate of drug-likeness (QED) is 0.427. The molecule has 0 bridgehead atoms. The molecule has 0 aliphatic rings. The number of benzene rings is 1. The Morgan fingerprint density at radius 2 is 1.73 bits per heavy atom. The average Bonchev–Trinajstić information content (AvgIpc) is 2.63. The van der Waals surface area contributed by atoms with Gasteiger partial charge >= 0.3 is 0 Å². The van der Waals surface area contributed by atoms with Crippen LogP contribution in [0.15, 0.2) is 54.7 Å². The minimum Gasteiger partial charge on any atom is -0.326 e. The van der Waals surface area contributed by atoms with Crippen LogP contribution in [0.3, 0.4) is 0 Å². The Morgan fingerprint density at radius 1 is 1.19 bits per heavy atom. The molecule has 146 valence electrons. The molecule has 2 nitrogen and oxygen atoms in total. The highest BCUT2D eigenvalue weighted by molar-refractivity contribution is 7.15. The second-order valence-electron chi connectivity index (χ2n) is 6.03. The summed E-state index contributed by atoms with van der Waals surface area (Å²) in [5.74, 6) is 0.645. The lowest BCUT2D eigenvalue weighted by Crippen LogP contribution is -2.11. The summed E-state index contributed by atoms with van der Waals surface area (Å²) in [4.78, 5) is 11.2. The van der Waals surface area contributed by atoms with E-state index in [0.29, 0.717) is 12.3 Å². The van der Waals surface area contributed by atoms with Crippen LogP contribution in [0.4, 0.5) is 5.69 Å². The monoisotopic (exact) mass is 375 g/mol. The van der Waals surface area contributed by atoms with Gasteiger partial charge in [0.2, 0.25) is 5.91 Å². The first-order valence-corrected chi connectivity index (χ1v) is 10.5. The molecule has 0 spiro atoms. The van der Waals surface area contributed by atoms with Crippen molar-refractivity contribution in [3.05, 3.63) is 65.8 Å². The van der Waals surface area contributed by atoms with E-state index in [1.165, 1.54) is 5.57 Å². The molecule has 1 aromatic carbocycles. The van der Waals surface area contributed by atoms with Gasteiger partial charge in [-0.05, 0) is 42.9 Å². The van der Waals surface area contributed by atoms with Crippen LogP contribution in [0, 0.1) is 19.8 Å². The highest BCUT2D eigenvalue weighted by Crippen LogP contribution is 2.19. The van der Waals surface area contributed by atoms with Crippen LogP contribution in [0.25, 0.3) is 0 Å². The normalized spacial score (nSPS) is 10.6. The first-order chi connectivity index (χ1) is 12.4. The molecule has 0 aliphatic carbocycles. The van der Waals surface area contributed by atoms with E-state index in [0.717, 1.165) is 23.2 Å². The van der Waals surface area contributed by atoms with Gasteiger partial charge in [0.25, 0.3) is 0 Å². The number of carbonyl (C=O) groups excluding carboxylic acids is 1. The third kappa shape index (κ3) is 11.8. The van der Waals surface area contributed by atoms with E-state index in [4.69, 9.17) is 0 Å². The SMILES string of the molecule is C=C/C(=C\C=C/CC)C(C)C.CCC(=O)Nc1c(C)cccc1C.CP. The number of aryl methyl sites for hydroxylation is 2. The Hall–Kier alpha value is -1.66. The molecule has 0 fully saturated rings. The van der Waals surface area contributed by atoms with Gasteiger partial charge in [-0.1, -0.05) is 83.4 Å². The van der Waals surface area contributed by atoms with Crippen molar-refractivity contribution in [2.45, 2.75) is 54.4 Å². The maximum absolute atomic E-state index is 11.2. The smallest absolute Gasteiger partial charge is 0.224 e. The number of nitrogens with one attached hydrogen (secondary N) is 1. The number of hydrogen-bond acceptors (Lipinski definition) is 1. The van der Waals surface area contributed by atoms with E-state index in [2.05, 4.69) is 60.1 Å². The Kier molecular flexibility index (Phi) is 17.2. The van der Waals surface area contributed by atoms with Gasteiger partial charge in [-0.3, -0.25) is 4.79 Å². The molecule has 1 amide bonds. The van der Waals surface area contributed by atoms with Gasteiger partial charge in [-0.25, -0.2) is 0 Å².